The number of hydrogen-bond donors (Lipinski definition) is 1. The first-order chi connectivity index (χ1) is 8.13. The Bertz CT molecular complexity index is 306. The molecule has 4 heteroatoms. The van der Waals surface area contributed by atoms with Gasteiger partial charge in [0.05, 0.1) is 3.79 Å². The van der Waals surface area contributed by atoms with E-state index in [1.165, 1.54) is 38.8 Å². The van der Waals surface area contributed by atoms with Gasteiger partial charge in [-0.15, -0.1) is 11.3 Å². The molecule has 1 atom stereocenters. The van der Waals surface area contributed by atoms with E-state index in [0.29, 0.717) is 0 Å². The van der Waals surface area contributed by atoms with Gasteiger partial charge >= 0.3 is 0 Å². The highest BCUT2D eigenvalue weighted by atomic mass is 79.9. The van der Waals surface area contributed by atoms with Gasteiger partial charge in [-0.25, -0.2) is 0 Å². The third-order valence-corrected chi connectivity index (χ3v) is 6.14. The van der Waals surface area contributed by atoms with Crippen molar-refractivity contribution in [3.05, 3.63) is 19.2 Å². The Morgan fingerprint density at radius 2 is 2.06 bits per heavy atom. The molecule has 1 unspecified atom stereocenters. The summed E-state index contributed by atoms with van der Waals surface area (Å²) in [5.74, 6) is 0.805. The monoisotopic (exact) mass is 381 g/mol. The maximum atomic E-state index is 3.54. The predicted octanol–water partition coefficient (Wildman–Crippen LogP) is 5.23. The van der Waals surface area contributed by atoms with E-state index < -0.39 is 0 Å². The number of halogens is 2. The Kier molecular flexibility index (Phi) is 8.00. The van der Waals surface area contributed by atoms with Crippen molar-refractivity contribution in [2.75, 3.05) is 13.1 Å². The molecule has 0 saturated heterocycles. The van der Waals surface area contributed by atoms with Crippen molar-refractivity contribution < 1.29 is 0 Å². The minimum Gasteiger partial charge on any atom is -0.317 e. The molecule has 0 spiro atoms. The quantitative estimate of drug-likeness (QED) is 0.606. The Morgan fingerprint density at radius 3 is 2.65 bits per heavy atom. The molecular formula is C13H21Br2NS. The van der Waals surface area contributed by atoms with Crippen molar-refractivity contribution in [1.82, 2.24) is 5.32 Å². The fourth-order valence-electron chi connectivity index (χ4n) is 1.70. The van der Waals surface area contributed by atoms with Crippen LogP contribution in [0.5, 0.6) is 0 Å². The van der Waals surface area contributed by atoms with Gasteiger partial charge in [0, 0.05) is 9.35 Å². The molecule has 98 valence electrons. The zero-order valence-electron chi connectivity index (χ0n) is 10.6. The molecule has 1 nitrogen and oxygen atoms in total. The topological polar surface area (TPSA) is 12.0 Å². The first-order valence-electron chi connectivity index (χ1n) is 6.28. The Labute approximate surface area is 126 Å². The van der Waals surface area contributed by atoms with Crippen LogP contribution in [0.3, 0.4) is 0 Å². The molecule has 0 fully saturated rings. The summed E-state index contributed by atoms with van der Waals surface area (Å²) in [5.41, 5.74) is 0. The van der Waals surface area contributed by atoms with Crippen molar-refractivity contribution >= 4 is 43.2 Å². The van der Waals surface area contributed by atoms with E-state index >= 15 is 0 Å². The second kappa shape index (κ2) is 8.68. The van der Waals surface area contributed by atoms with E-state index in [1.54, 1.807) is 0 Å². The second-order valence-corrected chi connectivity index (χ2v) is 7.83. The highest BCUT2D eigenvalue weighted by Crippen LogP contribution is 2.33. The molecule has 1 heterocycles. The van der Waals surface area contributed by atoms with Crippen LogP contribution in [0.25, 0.3) is 0 Å². The summed E-state index contributed by atoms with van der Waals surface area (Å²) in [6.07, 6.45) is 5.00. The zero-order valence-corrected chi connectivity index (χ0v) is 14.6. The molecule has 1 aromatic heterocycles. The van der Waals surface area contributed by atoms with Gasteiger partial charge < -0.3 is 5.32 Å². The van der Waals surface area contributed by atoms with Gasteiger partial charge in [0.2, 0.25) is 0 Å². The van der Waals surface area contributed by atoms with Gasteiger partial charge in [-0.3, -0.25) is 0 Å². The molecule has 1 N–H and O–H groups in total. The number of aryl methyl sites for hydroxylation is 1. The summed E-state index contributed by atoms with van der Waals surface area (Å²) in [7, 11) is 0. The Hall–Kier alpha value is 0.620. The molecular weight excluding hydrogens is 362 g/mol. The molecule has 0 aromatic carbocycles. The molecule has 1 rings (SSSR count). The Morgan fingerprint density at radius 1 is 1.29 bits per heavy atom. The van der Waals surface area contributed by atoms with Crippen molar-refractivity contribution in [3.63, 3.8) is 0 Å². The van der Waals surface area contributed by atoms with Crippen LogP contribution in [0.2, 0.25) is 0 Å². The molecule has 0 aliphatic carbocycles. The van der Waals surface area contributed by atoms with E-state index in [0.717, 1.165) is 19.0 Å². The van der Waals surface area contributed by atoms with Gasteiger partial charge in [-0.2, -0.15) is 0 Å². The van der Waals surface area contributed by atoms with Gasteiger partial charge in [0.15, 0.2) is 0 Å². The largest absolute Gasteiger partial charge is 0.317 e. The summed E-state index contributed by atoms with van der Waals surface area (Å²) < 4.78 is 2.40. The van der Waals surface area contributed by atoms with Crippen molar-refractivity contribution in [2.45, 2.75) is 39.5 Å². The van der Waals surface area contributed by atoms with Crippen LogP contribution < -0.4 is 5.32 Å². The lowest BCUT2D eigenvalue weighted by Crippen LogP contribution is -2.18. The lowest BCUT2D eigenvalue weighted by atomic mass is 10.0. The standard InChI is InChI=1S/C13H21Br2NS/c1-3-7-16-8-6-10(2)4-5-11-9-12(14)13(15)17-11/h9-10,16H,3-8H2,1-2H3. The van der Waals surface area contributed by atoms with Crippen LogP contribution in [-0.4, -0.2) is 13.1 Å². The van der Waals surface area contributed by atoms with Gasteiger partial charge in [0.25, 0.3) is 0 Å². The molecule has 1 aromatic rings. The average molecular weight is 383 g/mol. The van der Waals surface area contributed by atoms with Crippen LogP contribution in [0.15, 0.2) is 14.3 Å². The molecule has 0 bridgehead atoms. The third kappa shape index (κ3) is 6.37. The summed E-state index contributed by atoms with van der Waals surface area (Å²) in [5, 5.41) is 3.46. The van der Waals surface area contributed by atoms with E-state index in [1.807, 2.05) is 11.3 Å². The molecule has 0 saturated carbocycles. The second-order valence-electron chi connectivity index (χ2n) is 4.52. The lowest BCUT2D eigenvalue weighted by Gasteiger charge is -2.10. The fraction of sp³-hybridized carbons (Fsp3) is 0.692. The molecule has 0 aliphatic heterocycles. The number of hydrogen-bond acceptors (Lipinski definition) is 2. The SMILES string of the molecule is CCCNCCC(C)CCc1cc(Br)c(Br)s1. The fourth-order valence-corrected chi connectivity index (χ4v) is 3.89. The molecule has 0 aliphatic rings. The first kappa shape index (κ1) is 15.7. The van der Waals surface area contributed by atoms with E-state index in [-0.39, 0.29) is 0 Å². The number of rotatable bonds is 8. The molecule has 0 radical (unpaired) electrons. The lowest BCUT2D eigenvalue weighted by molar-refractivity contribution is 0.471. The highest BCUT2D eigenvalue weighted by Gasteiger charge is 2.07. The number of nitrogens with one attached hydrogen (secondary N) is 1. The van der Waals surface area contributed by atoms with Gasteiger partial charge in [0.1, 0.15) is 0 Å². The van der Waals surface area contributed by atoms with Crippen LogP contribution >= 0.6 is 43.2 Å². The van der Waals surface area contributed by atoms with E-state index in [2.05, 4.69) is 57.1 Å². The highest BCUT2D eigenvalue weighted by molar-refractivity contribution is 9.13. The summed E-state index contributed by atoms with van der Waals surface area (Å²) in [4.78, 5) is 1.47. The molecule has 0 amide bonds. The normalized spacial score (nSPS) is 12.9. The van der Waals surface area contributed by atoms with Crippen LogP contribution in [-0.2, 0) is 6.42 Å². The Balaban J connectivity index is 2.17. The third-order valence-electron chi connectivity index (χ3n) is 2.82. The first-order valence-corrected chi connectivity index (χ1v) is 8.68. The predicted molar refractivity (Wildman–Crippen MR) is 85.0 cm³/mol. The zero-order chi connectivity index (χ0) is 12.7. The van der Waals surface area contributed by atoms with Crippen LogP contribution in [0.1, 0.15) is 38.0 Å². The van der Waals surface area contributed by atoms with Gasteiger partial charge in [-0.1, -0.05) is 13.8 Å². The van der Waals surface area contributed by atoms with Crippen molar-refractivity contribution in [3.8, 4) is 0 Å². The van der Waals surface area contributed by atoms with Crippen LogP contribution in [0.4, 0.5) is 0 Å². The van der Waals surface area contributed by atoms with E-state index in [4.69, 9.17) is 0 Å². The minimum atomic E-state index is 0.805. The summed E-state index contributed by atoms with van der Waals surface area (Å²) in [6.45, 7) is 6.87. The van der Waals surface area contributed by atoms with Crippen LogP contribution in [0, 0.1) is 5.92 Å². The average Bonchev–Trinajstić information content (AvgIpc) is 2.62. The summed E-state index contributed by atoms with van der Waals surface area (Å²) >= 11 is 8.92. The van der Waals surface area contributed by atoms with Gasteiger partial charge in [-0.05, 0) is 82.6 Å². The number of thiophene rings is 1. The maximum Gasteiger partial charge on any atom is 0.0843 e. The van der Waals surface area contributed by atoms with E-state index in [9.17, 15) is 0 Å². The smallest absolute Gasteiger partial charge is 0.0843 e. The summed E-state index contributed by atoms with van der Waals surface area (Å²) in [6, 6.07) is 2.23. The molecule has 17 heavy (non-hydrogen) atoms. The van der Waals surface area contributed by atoms with Crippen molar-refractivity contribution in [1.29, 1.82) is 0 Å². The maximum absolute atomic E-state index is 3.54. The van der Waals surface area contributed by atoms with Crippen molar-refractivity contribution in [2.24, 2.45) is 5.92 Å². The minimum absolute atomic E-state index is 0.805.